The van der Waals surface area contributed by atoms with E-state index in [4.69, 9.17) is 5.11 Å². The van der Waals surface area contributed by atoms with Crippen LogP contribution in [0.25, 0.3) is 0 Å². The van der Waals surface area contributed by atoms with Gasteiger partial charge in [-0.15, -0.1) is 0 Å². The van der Waals surface area contributed by atoms with Crippen molar-refractivity contribution in [2.45, 2.75) is 11.1 Å². The predicted molar refractivity (Wildman–Crippen MR) is 59.8 cm³/mol. The summed E-state index contributed by atoms with van der Waals surface area (Å²) in [7, 11) is -3.99. The zero-order valence-corrected chi connectivity index (χ0v) is 10.7. The number of alkyl halides is 3. The molecule has 0 aromatic carbocycles. The summed E-state index contributed by atoms with van der Waals surface area (Å²) in [5.74, 6) is -1.33. The number of carboxylic acids is 1. The Labute approximate surface area is 111 Å². The Morgan fingerprint density at radius 3 is 2.60 bits per heavy atom. The molecule has 7 nitrogen and oxygen atoms in total. The SMILES string of the molecule is O=C(O)c1cc(S(=O)(=O)NCCOCC(F)(F)F)c[nH]1. The fourth-order valence-corrected chi connectivity index (χ4v) is 2.18. The van der Waals surface area contributed by atoms with E-state index in [1.165, 1.54) is 0 Å². The largest absolute Gasteiger partial charge is 0.477 e. The summed E-state index contributed by atoms with van der Waals surface area (Å²) < 4.78 is 64.7. The summed E-state index contributed by atoms with van der Waals surface area (Å²) in [5.41, 5.74) is -0.321. The highest BCUT2D eigenvalue weighted by molar-refractivity contribution is 7.89. The summed E-state index contributed by atoms with van der Waals surface area (Å²) in [6, 6.07) is 0.890. The number of nitrogens with one attached hydrogen (secondary N) is 2. The average molecular weight is 316 g/mol. The maximum atomic E-state index is 11.7. The summed E-state index contributed by atoms with van der Waals surface area (Å²) in [5, 5.41) is 8.61. The molecule has 0 spiro atoms. The van der Waals surface area contributed by atoms with Crippen molar-refractivity contribution in [3.05, 3.63) is 18.0 Å². The van der Waals surface area contributed by atoms with Gasteiger partial charge in [-0.05, 0) is 6.07 Å². The van der Waals surface area contributed by atoms with E-state index in [0.717, 1.165) is 12.3 Å². The first kappa shape index (κ1) is 16.5. The van der Waals surface area contributed by atoms with Gasteiger partial charge in [-0.2, -0.15) is 13.2 Å². The third-order valence-corrected chi connectivity index (χ3v) is 3.44. The Balaban J connectivity index is 2.47. The van der Waals surface area contributed by atoms with Gasteiger partial charge in [0.05, 0.1) is 6.61 Å². The fraction of sp³-hybridized carbons (Fsp3) is 0.444. The molecule has 0 fully saturated rings. The molecule has 1 aromatic heterocycles. The molecular weight excluding hydrogens is 305 g/mol. The molecule has 0 bridgehead atoms. The average Bonchev–Trinajstić information content (AvgIpc) is 2.76. The van der Waals surface area contributed by atoms with Crippen molar-refractivity contribution in [2.75, 3.05) is 19.8 Å². The lowest BCUT2D eigenvalue weighted by atomic mass is 10.4. The van der Waals surface area contributed by atoms with E-state index in [1.807, 2.05) is 4.72 Å². The predicted octanol–water partition coefficient (Wildman–Crippen LogP) is 0.570. The van der Waals surface area contributed by atoms with Gasteiger partial charge >= 0.3 is 12.1 Å². The highest BCUT2D eigenvalue weighted by Crippen LogP contribution is 2.14. The molecule has 1 heterocycles. The minimum Gasteiger partial charge on any atom is -0.477 e. The third-order valence-electron chi connectivity index (χ3n) is 2.00. The molecule has 0 radical (unpaired) electrons. The molecule has 0 amide bonds. The number of ether oxygens (including phenoxy) is 1. The first-order valence-corrected chi connectivity index (χ1v) is 6.66. The van der Waals surface area contributed by atoms with Crippen molar-refractivity contribution >= 4 is 16.0 Å². The van der Waals surface area contributed by atoms with Crippen LogP contribution in [0.1, 0.15) is 10.5 Å². The lowest BCUT2D eigenvalue weighted by molar-refractivity contribution is -0.173. The van der Waals surface area contributed by atoms with Gasteiger partial charge in [0.15, 0.2) is 0 Å². The number of aromatic nitrogens is 1. The molecule has 0 atom stereocenters. The van der Waals surface area contributed by atoms with Crippen LogP contribution in [0.3, 0.4) is 0 Å². The number of hydrogen-bond acceptors (Lipinski definition) is 4. The highest BCUT2D eigenvalue weighted by Gasteiger charge is 2.27. The first-order chi connectivity index (χ1) is 9.12. The maximum absolute atomic E-state index is 11.7. The summed E-state index contributed by atoms with van der Waals surface area (Å²) in [6.07, 6.45) is -3.52. The van der Waals surface area contributed by atoms with Gasteiger partial charge in [0, 0.05) is 12.7 Å². The molecule has 0 unspecified atom stereocenters. The number of carbonyl (C=O) groups is 1. The van der Waals surface area contributed by atoms with Crippen molar-refractivity contribution in [2.24, 2.45) is 0 Å². The van der Waals surface area contributed by atoms with Crippen LogP contribution >= 0.6 is 0 Å². The van der Waals surface area contributed by atoms with Crippen LogP contribution in [0.15, 0.2) is 17.2 Å². The highest BCUT2D eigenvalue weighted by atomic mass is 32.2. The van der Waals surface area contributed by atoms with Gasteiger partial charge in [-0.1, -0.05) is 0 Å². The standard InChI is InChI=1S/C9H11F3N2O5S/c10-9(11,12)5-19-2-1-14-20(17,18)6-3-7(8(15)16)13-4-6/h3-4,13-14H,1-2,5H2,(H,15,16). The minimum absolute atomic E-state index is 0.321. The van der Waals surface area contributed by atoms with Gasteiger partial charge in [-0.25, -0.2) is 17.9 Å². The molecule has 1 rings (SSSR count). The monoisotopic (exact) mass is 316 g/mol. The minimum atomic E-state index is -4.48. The molecule has 0 aliphatic heterocycles. The molecule has 0 saturated carbocycles. The van der Waals surface area contributed by atoms with E-state index in [9.17, 15) is 26.4 Å². The topological polar surface area (TPSA) is 108 Å². The molecule has 1 aromatic rings. The van der Waals surface area contributed by atoms with E-state index >= 15 is 0 Å². The molecule has 0 aliphatic rings. The van der Waals surface area contributed by atoms with Crippen LogP contribution in [0, 0.1) is 0 Å². The summed E-state index contributed by atoms with van der Waals surface area (Å²) in [4.78, 5) is 12.5. The van der Waals surface area contributed by atoms with E-state index in [2.05, 4.69) is 9.72 Å². The Bertz CT molecular complexity index is 566. The van der Waals surface area contributed by atoms with Gasteiger partial charge in [-0.3, -0.25) is 0 Å². The zero-order valence-electron chi connectivity index (χ0n) is 9.90. The number of carboxylic acid groups (broad SMARTS) is 1. The fourth-order valence-electron chi connectivity index (χ4n) is 1.17. The number of aromatic amines is 1. The molecule has 11 heteroatoms. The molecular formula is C9H11F3N2O5S. The Morgan fingerprint density at radius 1 is 1.45 bits per heavy atom. The number of sulfonamides is 1. The van der Waals surface area contributed by atoms with Crippen LogP contribution in [0.4, 0.5) is 13.2 Å². The molecule has 20 heavy (non-hydrogen) atoms. The van der Waals surface area contributed by atoms with E-state index in [-0.39, 0.29) is 17.1 Å². The third kappa shape index (κ3) is 5.19. The van der Waals surface area contributed by atoms with Crippen LogP contribution in [0.5, 0.6) is 0 Å². The van der Waals surface area contributed by atoms with E-state index in [0.29, 0.717) is 0 Å². The smallest absolute Gasteiger partial charge is 0.411 e. The maximum Gasteiger partial charge on any atom is 0.411 e. The quantitative estimate of drug-likeness (QED) is 0.637. The number of halogens is 3. The van der Waals surface area contributed by atoms with Crippen molar-refractivity contribution in [3.63, 3.8) is 0 Å². The number of aromatic carboxylic acids is 1. The van der Waals surface area contributed by atoms with Crippen LogP contribution in [-0.4, -0.2) is 50.4 Å². The molecule has 0 aliphatic carbocycles. The molecule has 0 saturated heterocycles. The van der Waals surface area contributed by atoms with Gasteiger partial charge in [0.25, 0.3) is 0 Å². The zero-order chi connectivity index (χ0) is 15.4. The Morgan fingerprint density at radius 2 is 2.10 bits per heavy atom. The number of hydrogen-bond donors (Lipinski definition) is 3. The van der Waals surface area contributed by atoms with E-state index in [1.54, 1.807) is 0 Å². The van der Waals surface area contributed by atoms with Crippen molar-refractivity contribution in [3.8, 4) is 0 Å². The second-order valence-corrected chi connectivity index (χ2v) is 5.39. The summed E-state index contributed by atoms with van der Waals surface area (Å²) in [6.45, 7) is -2.30. The van der Waals surface area contributed by atoms with Crippen molar-refractivity contribution < 1.29 is 36.2 Å². The first-order valence-electron chi connectivity index (χ1n) is 5.18. The van der Waals surface area contributed by atoms with Gasteiger partial charge in [0.1, 0.15) is 17.2 Å². The van der Waals surface area contributed by atoms with E-state index < -0.39 is 35.4 Å². The second-order valence-electron chi connectivity index (χ2n) is 3.62. The Hall–Kier alpha value is -1.59. The lowest BCUT2D eigenvalue weighted by Gasteiger charge is -2.08. The van der Waals surface area contributed by atoms with Crippen molar-refractivity contribution in [1.29, 1.82) is 0 Å². The number of rotatable bonds is 7. The van der Waals surface area contributed by atoms with Crippen LogP contribution < -0.4 is 4.72 Å². The molecule has 3 N–H and O–H groups in total. The lowest BCUT2D eigenvalue weighted by Crippen LogP contribution is -2.28. The molecule has 114 valence electrons. The van der Waals surface area contributed by atoms with Gasteiger partial charge < -0.3 is 14.8 Å². The summed E-state index contributed by atoms with van der Waals surface area (Å²) >= 11 is 0. The number of H-pyrrole nitrogens is 1. The van der Waals surface area contributed by atoms with Gasteiger partial charge in [0.2, 0.25) is 10.0 Å². The second kappa shape index (κ2) is 6.24. The van der Waals surface area contributed by atoms with Crippen LogP contribution in [-0.2, 0) is 14.8 Å². The Kier molecular flexibility index (Phi) is 5.14. The van der Waals surface area contributed by atoms with Crippen molar-refractivity contribution in [1.82, 2.24) is 9.71 Å². The van der Waals surface area contributed by atoms with Crippen LogP contribution in [0.2, 0.25) is 0 Å². The normalized spacial score (nSPS) is 12.6.